The van der Waals surface area contributed by atoms with Crippen LogP contribution in [0.2, 0.25) is 10.0 Å². The maximum absolute atomic E-state index is 6.22. The van der Waals surface area contributed by atoms with E-state index in [1.165, 1.54) is 0 Å². The van der Waals surface area contributed by atoms with Gasteiger partial charge in [-0.3, -0.25) is 0 Å². The highest BCUT2D eigenvalue weighted by molar-refractivity contribution is 9.10. The molecule has 112 valence electrons. The highest BCUT2D eigenvalue weighted by Crippen LogP contribution is 2.33. The summed E-state index contributed by atoms with van der Waals surface area (Å²) in [7, 11) is 0. The summed E-state index contributed by atoms with van der Waals surface area (Å²) in [4.78, 5) is 0. The van der Waals surface area contributed by atoms with Gasteiger partial charge in [-0.2, -0.15) is 0 Å². The van der Waals surface area contributed by atoms with Crippen LogP contribution in [-0.2, 0) is 0 Å². The van der Waals surface area contributed by atoms with Gasteiger partial charge in [0.15, 0.2) is 0 Å². The minimum absolute atomic E-state index is 0.133. The van der Waals surface area contributed by atoms with Crippen LogP contribution in [0.5, 0.6) is 5.75 Å². The second-order valence-corrected chi connectivity index (χ2v) is 6.50. The van der Waals surface area contributed by atoms with Gasteiger partial charge >= 0.3 is 0 Å². The highest BCUT2D eigenvalue weighted by atomic mass is 79.9. The lowest BCUT2D eigenvalue weighted by molar-refractivity contribution is 0.171. The van der Waals surface area contributed by atoms with Gasteiger partial charge in [-0.1, -0.05) is 58.2 Å². The van der Waals surface area contributed by atoms with E-state index in [-0.39, 0.29) is 12.1 Å². The first-order valence-corrected chi connectivity index (χ1v) is 8.19. The molecule has 0 aliphatic heterocycles. The monoisotopic (exact) mass is 387 g/mol. The van der Waals surface area contributed by atoms with E-state index < -0.39 is 0 Å². The van der Waals surface area contributed by atoms with Crippen molar-refractivity contribution in [1.82, 2.24) is 0 Å². The van der Waals surface area contributed by atoms with E-state index in [2.05, 4.69) is 15.9 Å². The Morgan fingerprint density at radius 2 is 1.95 bits per heavy atom. The summed E-state index contributed by atoms with van der Waals surface area (Å²) in [6.07, 6.45) is 0.522. The Labute approximate surface area is 143 Å². The predicted octanol–water partition coefficient (Wildman–Crippen LogP) is 5.61. The topological polar surface area (TPSA) is 35.2 Å². The molecule has 0 spiro atoms. The van der Waals surface area contributed by atoms with Gasteiger partial charge in [0, 0.05) is 15.5 Å². The molecule has 2 aromatic rings. The summed E-state index contributed by atoms with van der Waals surface area (Å²) < 4.78 is 7.04. The van der Waals surface area contributed by atoms with Crippen molar-refractivity contribution in [3.05, 3.63) is 62.5 Å². The van der Waals surface area contributed by atoms with Crippen LogP contribution in [0.15, 0.2) is 46.9 Å². The smallest absolute Gasteiger partial charge is 0.139 e. The van der Waals surface area contributed by atoms with E-state index in [0.29, 0.717) is 15.8 Å². The Hall–Kier alpha value is -0.740. The Bertz CT molecular complexity index is 621. The third-order valence-electron chi connectivity index (χ3n) is 3.19. The molecule has 21 heavy (non-hydrogen) atoms. The number of halogens is 3. The van der Waals surface area contributed by atoms with Gasteiger partial charge in [-0.15, -0.1) is 0 Å². The largest absolute Gasteiger partial charge is 0.483 e. The van der Waals surface area contributed by atoms with Crippen LogP contribution in [0.4, 0.5) is 0 Å². The van der Waals surface area contributed by atoms with Gasteiger partial charge in [-0.25, -0.2) is 0 Å². The molecule has 0 amide bonds. The molecule has 0 saturated heterocycles. The molecule has 0 heterocycles. The normalized spacial score (nSPS) is 13.8. The van der Waals surface area contributed by atoms with E-state index in [9.17, 15) is 0 Å². The number of rotatable bonds is 5. The quantitative estimate of drug-likeness (QED) is 0.721. The van der Waals surface area contributed by atoms with Crippen LogP contribution in [0, 0.1) is 0 Å². The lowest BCUT2D eigenvalue weighted by Crippen LogP contribution is -2.31. The van der Waals surface area contributed by atoms with Crippen LogP contribution in [0.3, 0.4) is 0 Å². The van der Waals surface area contributed by atoms with E-state index in [1.54, 1.807) is 18.2 Å². The van der Waals surface area contributed by atoms with Crippen molar-refractivity contribution in [2.75, 3.05) is 0 Å². The van der Waals surface area contributed by atoms with Gasteiger partial charge in [0.1, 0.15) is 11.9 Å². The SMILES string of the molecule is CCC(N)C(Oc1ccc(Cl)cc1Cl)c1cccc(Br)c1. The summed E-state index contributed by atoms with van der Waals surface area (Å²) in [6, 6.07) is 13.0. The third kappa shape index (κ3) is 4.36. The summed E-state index contributed by atoms with van der Waals surface area (Å²) in [5.74, 6) is 0.579. The van der Waals surface area contributed by atoms with Crippen molar-refractivity contribution in [2.24, 2.45) is 5.73 Å². The molecule has 2 unspecified atom stereocenters. The summed E-state index contributed by atoms with van der Waals surface area (Å²) >= 11 is 15.6. The Balaban J connectivity index is 2.33. The van der Waals surface area contributed by atoms with Gasteiger partial charge in [0.25, 0.3) is 0 Å². The predicted molar refractivity (Wildman–Crippen MR) is 92.2 cm³/mol. The molecule has 2 aromatic carbocycles. The highest BCUT2D eigenvalue weighted by Gasteiger charge is 2.21. The van der Waals surface area contributed by atoms with Crippen LogP contribution < -0.4 is 10.5 Å². The first kappa shape index (κ1) is 16.6. The number of ether oxygens (including phenoxy) is 1. The third-order valence-corrected chi connectivity index (χ3v) is 4.21. The first-order chi connectivity index (χ1) is 10.0. The Morgan fingerprint density at radius 1 is 1.19 bits per heavy atom. The zero-order chi connectivity index (χ0) is 15.4. The molecule has 0 aliphatic carbocycles. The summed E-state index contributed by atoms with van der Waals surface area (Å²) in [5.41, 5.74) is 7.22. The molecule has 2 atom stereocenters. The molecule has 5 heteroatoms. The van der Waals surface area contributed by atoms with Crippen molar-refractivity contribution >= 4 is 39.1 Å². The molecular weight excluding hydrogens is 373 g/mol. The van der Waals surface area contributed by atoms with Gasteiger partial charge < -0.3 is 10.5 Å². The fourth-order valence-electron chi connectivity index (χ4n) is 2.01. The Morgan fingerprint density at radius 3 is 2.57 bits per heavy atom. The second kappa shape index (κ2) is 7.50. The van der Waals surface area contributed by atoms with Crippen LogP contribution in [0.25, 0.3) is 0 Å². The minimum Gasteiger partial charge on any atom is -0.483 e. The van der Waals surface area contributed by atoms with Crippen molar-refractivity contribution in [2.45, 2.75) is 25.5 Å². The first-order valence-electron chi connectivity index (χ1n) is 6.64. The van der Waals surface area contributed by atoms with E-state index in [1.807, 2.05) is 31.2 Å². The molecular formula is C16H16BrCl2NO. The summed E-state index contributed by atoms with van der Waals surface area (Å²) in [5, 5.41) is 1.05. The molecule has 0 saturated carbocycles. The Kier molecular flexibility index (Phi) is 5.94. The molecule has 0 aliphatic rings. The van der Waals surface area contributed by atoms with Crippen molar-refractivity contribution in [3.63, 3.8) is 0 Å². The van der Waals surface area contributed by atoms with Crippen LogP contribution in [-0.4, -0.2) is 6.04 Å². The number of benzene rings is 2. The summed E-state index contributed by atoms with van der Waals surface area (Å²) in [6.45, 7) is 2.03. The molecule has 2 nitrogen and oxygen atoms in total. The molecule has 0 radical (unpaired) electrons. The van der Waals surface area contributed by atoms with Crippen molar-refractivity contribution < 1.29 is 4.74 Å². The minimum atomic E-state index is -0.272. The van der Waals surface area contributed by atoms with Crippen LogP contribution in [0.1, 0.15) is 25.0 Å². The van der Waals surface area contributed by atoms with E-state index in [4.69, 9.17) is 33.7 Å². The zero-order valence-electron chi connectivity index (χ0n) is 11.5. The molecule has 2 N–H and O–H groups in total. The van der Waals surface area contributed by atoms with Crippen molar-refractivity contribution in [1.29, 1.82) is 0 Å². The second-order valence-electron chi connectivity index (χ2n) is 4.74. The van der Waals surface area contributed by atoms with Crippen molar-refractivity contribution in [3.8, 4) is 5.75 Å². The number of hydrogen-bond acceptors (Lipinski definition) is 2. The lowest BCUT2D eigenvalue weighted by atomic mass is 10.0. The molecule has 2 rings (SSSR count). The number of hydrogen-bond donors (Lipinski definition) is 1. The average molecular weight is 389 g/mol. The molecule has 0 fully saturated rings. The fourth-order valence-corrected chi connectivity index (χ4v) is 2.88. The average Bonchev–Trinajstić information content (AvgIpc) is 2.45. The fraction of sp³-hybridized carbons (Fsp3) is 0.250. The van der Waals surface area contributed by atoms with E-state index >= 15 is 0 Å². The lowest BCUT2D eigenvalue weighted by Gasteiger charge is -2.25. The molecule has 0 aromatic heterocycles. The standard InChI is InChI=1S/C16H16BrCl2NO/c1-2-14(20)16(10-4-3-5-11(17)8-10)21-15-7-6-12(18)9-13(15)19/h3-9,14,16H,2,20H2,1H3. The zero-order valence-corrected chi connectivity index (χ0v) is 14.6. The van der Waals surface area contributed by atoms with Gasteiger partial charge in [0.2, 0.25) is 0 Å². The maximum atomic E-state index is 6.22. The van der Waals surface area contributed by atoms with Gasteiger partial charge in [0.05, 0.1) is 5.02 Å². The van der Waals surface area contributed by atoms with E-state index in [0.717, 1.165) is 16.5 Å². The molecule has 0 bridgehead atoms. The number of nitrogens with two attached hydrogens (primary N) is 1. The maximum Gasteiger partial charge on any atom is 0.139 e. The van der Waals surface area contributed by atoms with Gasteiger partial charge in [-0.05, 0) is 42.3 Å². The van der Waals surface area contributed by atoms with Crippen LogP contribution >= 0.6 is 39.1 Å².